The van der Waals surface area contributed by atoms with Gasteiger partial charge in [0.2, 0.25) is 0 Å². The summed E-state index contributed by atoms with van der Waals surface area (Å²) in [4.78, 5) is 7.41. The topological polar surface area (TPSA) is 28.2 Å². The average molecular weight is 275 g/mol. The maximum Gasteiger partial charge on any atom is 0.129 e. The van der Waals surface area contributed by atoms with Crippen LogP contribution in [0.15, 0.2) is 12.1 Å². The largest absolute Gasteiger partial charge is 0.354 e. The van der Waals surface area contributed by atoms with Gasteiger partial charge in [0.15, 0.2) is 0 Å². The van der Waals surface area contributed by atoms with Gasteiger partial charge in [-0.1, -0.05) is 27.2 Å². The highest BCUT2D eigenvalue weighted by molar-refractivity contribution is 5.45. The Morgan fingerprint density at radius 3 is 2.65 bits per heavy atom. The molecule has 112 valence electrons. The summed E-state index contributed by atoms with van der Waals surface area (Å²) in [5.74, 6) is 1.20. The van der Waals surface area contributed by atoms with Crippen LogP contribution in [0.5, 0.6) is 0 Å². The molecule has 0 aliphatic heterocycles. The van der Waals surface area contributed by atoms with Crippen molar-refractivity contribution in [2.45, 2.75) is 65.5 Å². The van der Waals surface area contributed by atoms with Crippen molar-refractivity contribution in [2.75, 3.05) is 18.0 Å². The number of hydrogen-bond acceptors (Lipinski definition) is 3. The van der Waals surface area contributed by atoms with Crippen molar-refractivity contribution in [3.05, 3.63) is 23.4 Å². The van der Waals surface area contributed by atoms with Gasteiger partial charge in [0.25, 0.3) is 0 Å². The molecule has 1 aliphatic carbocycles. The molecular weight excluding hydrogens is 246 g/mol. The highest BCUT2D eigenvalue weighted by Crippen LogP contribution is 2.31. The lowest BCUT2D eigenvalue weighted by Gasteiger charge is -2.24. The molecule has 1 aliphatic rings. The number of aryl methyl sites for hydroxylation is 1. The first-order valence-corrected chi connectivity index (χ1v) is 8.25. The van der Waals surface area contributed by atoms with E-state index in [1.165, 1.54) is 42.8 Å². The summed E-state index contributed by atoms with van der Waals surface area (Å²) in [6, 6.07) is 5.28. The SMILES string of the molecule is CCCCN(c1cc(CNCC)cc(CC)n1)C1CC1. The zero-order valence-corrected chi connectivity index (χ0v) is 13.3. The Kier molecular flexibility index (Phi) is 5.84. The van der Waals surface area contributed by atoms with Gasteiger partial charge in [-0.25, -0.2) is 4.98 Å². The highest BCUT2D eigenvalue weighted by Gasteiger charge is 2.29. The van der Waals surface area contributed by atoms with E-state index in [0.29, 0.717) is 0 Å². The van der Waals surface area contributed by atoms with Gasteiger partial charge in [0.05, 0.1) is 0 Å². The molecule has 20 heavy (non-hydrogen) atoms. The van der Waals surface area contributed by atoms with E-state index in [4.69, 9.17) is 4.98 Å². The van der Waals surface area contributed by atoms with Crippen LogP contribution in [0.25, 0.3) is 0 Å². The Labute approximate surface area is 123 Å². The molecule has 1 aromatic rings. The standard InChI is InChI=1S/C17H29N3/c1-4-7-10-20(16-8-9-16)17-12-14(13-18-6-3)11-15(5-2)19-17/h11-12,16,18H,4-10,13H2,1-3H3. The molecule has 3 nitrogen and oxygen atoms in total. The van der Waals surface area contributed by atoms with E-state index in [0.717, 1.165) is 32.1 Å². The van der Waals surface area contributed by atoms with Crippen molar-refractivity contribution in [3.63, 3.8) is 0 Å². The number of unbranched alkanes of at least 4 members (excludes halogenated alkanes) is 1. The Hall–Kier alpha value is -1.09. The molecule has 0 spiro atoms. The fourth-order valence-electron chi connectivity index (χ4n) is 2.53. The lowest BCUT2D eigenvalue weighted by Crippen LogP contribution is -2.28. The lowest BCUT2D eigenvalue weighted by molar-refractivity contribution is 0.696. The van der Waals surface area contributed by atoms with Gasteiger partial charge in [0.1, 0.15) is 5.82 Å². The Morgan fingerprint density at radius 1 is 1.25 bits per heavy atom. The van der Waals surface area contributed by atoms with Crippen LogP contribution >= 0.6 is 0 Å². The molecule has 1 aromatic heterocycles. The molecule has 0 unspecified atom stereocenters. The van der Waals surface area contributed by atoms with Crippen molar-refractivity contribution in [1.82, 2.24) is 10.3 Å². The zero-order chi connectivity index (χ0) is 14.4. The Morgan fingerprint density at radius 2 is 2.05 bits per heavy atom. The third kappa shape index (κ3) is 4.20. The first-order chi connectivity index (χ1) is 9.78. The van der Waals surface area contributed by atoms with Crippen molar-refractivity contribution in [2.24, 2.45) is 0 Å². The first kappa shape index (κ1) is 15.3. The van der Waals surface area contributed by atoms with Crippen molar-refractivity contribution >= 4 is 5.82 Å². The summed E-state index contributed by atoms with van der Waals surface area (Å²) in [5, 5.41) is 3.42. The van der Waals surface area contributed by atoms with Crippen molar-refractivity contribution < 1.29 is 0 Å². The van der Waals surface area contributed by atoms with Crippen LogP contribution in [0.2, 0.25) is 0 Å². The molecule has 0 bridgehead atoms. The molecule has 1 N–H and O–H groups in total. The third-order valence-electron chi connectivity index (χ3n) is 3.90. The zero-order valence-electron chi connectivity index (χ0n) is 13.3. The number of nitrogens with zero attached hydrogens (tertiary/aromatic N) is 2. The Bertz CT molecular complexity index is 413. The summed E-state index contributed by atoms with van der Waals surface area (Å²) < 4.78 is 0. The molecule has 0 aromatic carbocycles. The fraction of sp³-hybridized carbons (Fsp3) is 0.706. The van der Waals surface area contributed by atoms with E-state index in [9.17, 15) is 0 Å². The minimum absolute atomic E-state index is 0.744. The molecule has 1 saturated carbocycles. The van der Waals surface area contributed by atoms with Crippen LogP contribution in [-0.2, 0) is 13.0 Å². The predicted molar refractivity (Wildman–Crippen MR) is 86.3 cm³/mol. The number of anilines is 1. The number of nitrogens with one attached hydrogen (secondary N) is 1. The minimum Gasteiger partial charge on any atom is -0.354 e. The van der Waals surface area contributed by atoms with Crippen LogP contribution in [0.3, 0.4) is 0 Å². The fourth-order valence-corrected chi connectivity index (χ4v) is 2.53. The van der Waals surface area contributed by atoms with E-state index >= 15 is 0 Å². The number of rotatable bonds is 9. The predicted octanol–water partition coefficient (Wildman–Crippen LogP) is 3.52. The Balaban J connectivity index is 2.18. The van der Waals surface area contributed by atoms with Crippen LogP contribution < -0.4 is 10.2 Å². The molecule has 0 atom stereocenters. The number of hydrogen-bond donors (Lipinski definition) is 1. The summed E-state index contributed by atoms with van der Waals surface area (Å²) in [7, 11) is 0. The summed E-state index contributed by atoms with van der Waals surface area (Å²) in [6.07, 6.45) is 6.20. The molecule has 0 amide bonds. The second-order valence-corrected chi connectivity index (χ2v) is 5.74. The van der Waals surface area contributed by atoms with Gasteiger partial charge >= 0.3 is 0 Å². The van der Waals surface area contributed by atoms with Crippen LogP contribution in [0, 0.1) is 0 Å². The highest BCUT2D eigenvalue weighted by atomic mass is 15.2. The maximum absolute atomic E-state index is 4.87. The smallest absolute Gasteiger partial charge is 0.129 e. The monoisotopic (exact) mass is 275 g/mol. The average Bonchev–Trinajstić information content (AvgIpc) is 3.30. The van der Waals surface area contributed by atoms with E-state index in [-0.39, 0.29) is 0 Å². The summed E-state index contributed by atoms with van der Waals surface area (Å²) in [5.41, 5.74) is 2.59. The summed E-state index contributed by atoms with van der Waals surface area (Å²) >= 11 is 0. The van der Waals surface area contributed by atoms with Crippen LogP contribution in [0.4, 0.5) is 5.82 Å². The summed E-state index contributed by atoms with van der Waals surface area (Å²) in [6.45, 7) is 9.73. The number of pyridine rings is 1. The van der Waals surface area contributed by atoms with E-state index in [1.807, 2.05) is 0 Å². The minimum atomic E-state index is 0.744. The quantitative estimate of drug-likeness (QED) is 0.747. The molecule has 3 heteroatoms. The molecule has 1 fully saturated rings. The van der Waals surface area contributed by atoms with Gasteiger partial charge in [-0.2, -0.15) is 0 Å². The molecule has 2 rings (SSSR count). The third-order valence-corrected chi connectivity index (χ3v) is 3.90. The molecular formula is C17H29N3. The van der Waals surface area contributed by atoms with Gasteiger partial charge < -0.3 is 10.2 Å². The van der Waals surface area contributed by atoms with Gasteiger partial charge in [-0.3, -0.25) is 0 Å². The van der Waals surface area contributed by atoms with Crippen LogP contribution in [-0.4, -0.2) is 24.1 Å². The second-order valence-electron chi connectivity index (χ2n) is 5.74. The molecule has 1 heterocycles. The van der Waals surface area contributed by atoms with E-state index < -0.39 is 0 Å². The lowest BCUT2D eigenvalue weighted by atomic mass is 10.1. The number of aromatic nitrogens is 1. The van der Waals surface area contributed by atoms with Crippen molar-refractivity contribution in [3.8, 4) is 0 Å². The maximum atomic E-state index is 4.87. The molecule has 0 radical (unpaired) electrons. The van der Waals surface area contributed by atoms with Gasteiger partial charge in [-0.15, -0.1) is 0 Å². The first-order valence-electron chi connectivity index (χ1n) is 8.25. The van der Waals surface area contributed by atoms with E-state index in [1.54, 1.807) is 0 Å². The van der Waals surface area contributed by atoms with Gasteiger partial charge in [-0.05, 0) is 49.9 Å². The molecule has 0 saturated heterocycles. The normalized spacial score (nSPS) is 14.6. The van der Waals surface area contributed by atoms with Crippen LogP contribution in [0.1, 0.15) is 57.7 Å². The van der Waals surface area contributed by atoms with Crippen molar-refractivity contribution in [1.29, 1.82) is 0 Å². The van der Waals surface area contributed by atoms with E-state index in [2.05, 4.69) is 43.1 Å². The van der Waals surface area contributed by atoms with Gasteiger partial charge in [0, 0.05) is 24.8 Å². The second kappa shape index (κ2) is 7.63.